The van der Waals surface area contributed by atoms with Gasteiger partial charge in [0.15, 0.2) is 0 Å². The van der Waals surface area contributed by atoms with E-state index >= 15 is 0 Å². The summed E-state index contributed by atoms with van der Waals surface area (Å²) in [6.07, 6.45) is 0. The number of sulfonamides is 1. The Labute approximate surface area is 148 Å². The summed E-state index contributed by atoms with van der Waals surface area (Å²) < 4.78 is 31.9. The van der Waals surface area contributed by atoms with E-state index < -0.39 is 10.0 Å². The van der Waals surface area contributed by atoms with Gasteiger partial charge in [-0.15, -0.1) is 0 Å². The van der Waals surface area contributed by atoms with Crippen LogP contribution >= 0.6 is 0 Å². The maximum atomic E-state index is 12.5. The van der Waals surface area contributed by atoms with Crippen LogP contribution in [0.3, 0.4) is 0 Å². The minimum Gasteiger partial charge on any atom is -0.494 e. The third-order valence-electron chi connectivity index (χ3n) is 3.86. The van der Waals surface area contributed by atoms with Crippen LogP contribution < -0.4 is 14.8 Å². The monoisotopic (exact) mass is 362 g/mol. The average molecular weight is 362 g/mol. The lowest BCUT2D eigenvalue weighted by Crippen LogP contribution is -2.21. The first-order valence-corrected chi connectivity index (χ1v) is 9.35. The molecule has 0 saturated heterocycles. The van der Waals surface area contributed by atoms with E-state index in [9.17, 15) is 13.2 Å². The third kappa shape index (κ3) is 4.37. The molecule has 2 aromatic carbocycles. The Morgan fingerprint density at radius 2 is 1.76 bits per heavy atom. The van der Waals surface area contributed by atoms with Crippen LogP contribution in [0, 0.1) is 13.8 Å². The van der Waals surface area contributed by atoms with E-state index in [1.807, 2.05) is 6.92 Å². The van der Waals surface area contributed by atoms with Gasteiger partial charge in [-0.25, -0.2) is 13.1 Å². The largest absolute Gasteiger partial charge is 0.494 e. The Morgan fingerprint density at radius 1 is 1.12 bits per heavy atom. The van der Waals surface area contributed by atoms with Gasteiger partial charge in [0.1, 0.15) is 5.75 Å². The van der Waals surface area contributed by atoms with Crippen LogP contribution in [-0.2, 0) is 10.0 Å². The minimum absolute atomic E-state index is 0.104. The number of nitrogens with one attached hydrogen (secondary N) is 2. The highest BCUT2D eigenvalue weighted by Crippen LogP contribution is 2.22. The van der Waals surface area contributed by atoms with Crippen molar-refractivity contribution in [3.8, 4) is 5.75 Å². The Bertz CT molecular complexity index is 875. The van der Waals surface area contributed by atoms with Crippen LogP contribution in [0.4, 0.5) is 5.69 Å². The zero-order valence-corrected chi connectivity index (χ0v) is 15.5. The van der Waals surface area contributed by atoms with Gasteiger partial charge in [-0.1, -0.05) is 0 Å². The summed E-state index contributed by atoms with van der Waals surface area (Å²) in [4.78, 5) is 12.6. The molecular weight excluding hydrogens is 340 g/mol. The number of rotatable bonds is 6. The van der Waals surface area contributed by atoms with Crippen molar-refractivity contribution in [1.82, 2.24) is 4.72 Å². The molecule has 0 unspecified atom stereocenters. The zero-order chi connectivity index (χ0) is 18.6. The molecule has 0 aromatic heterocycles. The topological polar surface area (TPSA) is 84.5 Å². The normalized spacial score (nSPS) is 11.2. The molecule has 0 heterocycles. The van der Waals surface area contributed by atoms with Gasteiger partial charge in [0.25, 0.3) is 5.91 Å². The van der Waals surface area contributed by atoms with E-state index in [-0.39, 0.29) is 16.4 Å². The van der Waals surface area contributed by atoms with Gasteiger partial charge in [0.2, 0.25) is 10.0 Å². The summed E-state index contributed by atoms with van der Waals surface area (Å²) in [6, 6.07) is 10.0. The van der Waals surface area contributed by atoms with Gasteiger partial charge in [-0.3, -0.25) is 4.79 Å². The number of aryl methyl sites for hydroxylation is 1. The summed E-state index contributed by atoms with van der Waals surface area (Å²) in [5.74, 6) is 0.342. The Hall–Kier alpha value is -2.38. The molecule has 0 fully saturated rings. The van der Waals surface area contributed by atoms with E-state index in [1.165, 1.54) is 13.1 Å². The molecule has 0 aliphatic heterocycles. The van der Waals surface area contributed by atoms with Crippen molar-refractivity contribution in [2.75, 3.05) is 19.0 Å². The lowest BCUT2D eigenvalue weighted by molar-refractivity contribution is 0.102. The molecule has 6 nitrogen and oxygen atoms in total. The molecular formula is C18H22N2O4S. The number of hydrogen-bond donors (Lipinski definition) is 2. The van der Waals surface area contributed by atoms with Crippen molar-refractivity contribution in [1.29, 1.82) is 0 Å². The summed E-state index contributed by atoms with van der Waals surface area (Å²) in [6.45, 7) is 5.95. The van der Waals surface area contributed by atoms with E-state index in [0.717, 1.165) is 5.56 Å². The third-order valence-corrected chi connectivity index (χ3v) is 5.40. The Morgan fingerprint density at radius 3 is 2.32 bits per heavy atom. The van der Waals surface area contributed by atoms with Crippen LogP contribution in [0.15, 0.2) is 41.3 Å². The van der Waals surface area contributed by atoms with Crippen molar-refractivity contribution in [3.05, 3.63) is 53.1 Å². The van der Waals surface area contributed by atoms with Crippen LogP contribution in [-0.4, -0.2) is 28.0 Å². The first-order valence-electron chi connectivity index (χ1n) is 7.87. The lowest BCUT2D eigenvalue weighted by Gasteiger charge is -2.13. The SMILES string of the molecule is CCOc1ccc(NC(=O)c2cc(C)c(C)c(S(=O)(=O)NC)c2)cc1. The summed E-state index contributed by atoms with van der Waals surface area (Å²) in [5, 5.41) is 2.76. The second-order valence-electron chi connectivity index (χ2n) is 5.54. The average Bonchev–Trinajstić information content (AvgIpc) is 2.58. The molecule has 0 radical (unpaired) electrons. The number of carbonyl (C=O) groups is 1. The van der Waals surface area contributed by atoms with Gasteiger partial charge in [0.05, 0.1) is 11.5 Å². The summed E-state index contributed by atoms with van der Waals surface area (Å²) in [7, 11) is -2.29. The first kappa shape index (κ1) is 19.0. The highest BCUT2D eigenvalue weighted by atomic mass is 32.2. The Balaban J connectivity index is 2.30. The van der Waals surface area contributed by atoms with Crippen LogP contribution in [0.5, 0.6) is 5.75 Å². The molecule has 0 spiro atoms. The Kier molecular flexibility index (Phi) is 5.81. The van der Waals surface area contributed by atoms with Crippen molar-refractivity contribution < 1.29 is 17.9 Å². The summed E-state index contributed by atoms with van der Waals surface area (Å²) >= 11 is 0. The molecule has 2 aromatic rings. The molecule has 0 aliphatic carbocycles. The first-order chi connectivity index (χ1) is 11.8. The van der Waals surface area contributed by atoms with E-state index in [1.54, 1.807) is 44.2 Å². The van der Waals surface area contributed by atoms with Crippen molar-refractivity contribution in [2.24, 2.45) is 0 Å². The second-order valence-corrected chi connectivity index (χ2v) is 7.39. The van der Waals surface area contributed by atoms with Crippen LogP contribution in [0.25, 0.3) is 0 Å². The highest BCUT2D eigenvalue weighted by molar-refractivity contribution is 7.89. The maximum Gasteiger partial charge on any atom is 0.255 e. The molecule has 0 saturated carbocycles. The summed E-state index contributed by atoms with van der Waals surface area (Å²) in [5.41, 5.74) is 2.23. The maximum absolute atomic E-state index is 12.5. The highest BCUT2D eigenvalue weighted by Gasteiger charge is 2.19. The van der Waals surface area contributed by atoms with Gasteiger partial charge in [0, 0.05) is 11.3 Å². The number of carbonyl (C=O) groups excluding carboxylic acids is 1. The number of amides is 1. The quantitative estimate of drug-likeness (QED) is 0.827. The number of anilines is 1. The molecule has 134 valence electrons. The number of ether oxygens (including phenoxy) is 1. The molecule has 2 N–H and O–H groups in total. The number of benzene rings is 2. The predicted octanol–water partition coefficient (Wildman–Crippen LogP) is 2.86. The molecule has 2 rings (SSSR count). The van der Waals surface area contributed by atoms with Crippen molar-refractivity contribution in [2.45, 2.75) is 25.7 Å². The zero-order valence-electron chi connectivity index (χ0n) is 14.7. The van der Waals surface area contributed by atoms with Crippen LogP contribution in [0.1, 0.15) is 28.4 Å². The smallest absolute Gasteiger partial charge is 0.255 e. The fourth-order valence-electron chi connectivity index (χ4n) is 2.35. The fraction of sp³-hybridized carbons (Fsp3) is 0.278. The van der Waals surface area contributed by atoms with Crippen LogP contribution in [0.2, 0.25) is 0 Å². The van der Waals surface area contributed by atoms with E-state index in [4.69, 9.17) is 4.74 Å². The van der Waals surface area contributed by atoms with Crippen molar-refractivity contribution in [3.63, 3.8) is 0 Å². The predicted molar refractivity (Wildman–Crippen MR) is 97.7 cm³/mol. The molecule has 0 bridgehead atoms. The molecule has 0 aliphatic rings. The standard InChI is InChI=1S/C18H22N2O4S/c1-5-24-16-8-6-15(7-9-16)20-18(21)14-10-12(2)13(3)17(11-14)25(22,23)19-4/h6-11,19H,5H2,1-4H3,(H,20,21). The molecule has 7 heteroatoms. The minimum atomic E-state index is -3.64. The molecule has 0 atom stereocenters. The van der Waals surface area contributed by atoms with E-state index in [0.29, 0.717) is 23.6 Å². The second kappa shape index (κ2) is 7.67. The van der Waals surface area contributed by atoms with Crippen molar-refractivity contribution >= 4 is 21.6 Å². The molecule has 25 heavy (non-hydrogen) atoms. The van der Waals surface area contributed by atoms with E-state index in [2.05, 4.69) is 10.0 Å². The molecule has 1 amide bonds. The fourth-order valence-corrected chi connectivity index (χ4v) is 3.42. The van der Waals surface area contributed by atoms with Gasteiger partial charge >= 0.3 is 0 Å². The van der Waals surface area contributed by atoms with Gasteiger partial charge in [-0.2, -0.15) is 0 Å². The lowest BCUT2D eigenvalue weighted by atomic mass is 10.1. The van der Waals surface area contributed by atoms with Gasteiger partial charge < -0.3 is 10.1 Å². The number of hydrogen-bond acceptors (Lipinski definition) is 4. The van der Waals surface area contributed by atoms with Gasteiger partial charge in [-0.05, 0) is 75.3 Å².